The van der Waals surface area contributed by atoms with Crippen LogP contribution in [0.5, 0.6) is 0 Å². The average Bonchev–Trinajstić information content (AvgIpc) is 3.31. The predicted molar refractivity (Wildman–Crippen MR) is 122 cm³/mol. The zero-order chi connectivity index (χ0) is 19.5. The van der Waals surface area contributed by atoms with Gasteiger partial charge in [-0.3, -0.25) is 4.98 Å². The van der Waals surface area contributed by atoms with Gasteiger partial charge in [-0.15, -0.1) is 11.3 Å². The first-order valence-corrected chi connectivity index (χ1v) is 10.4. The molecular formula is C26H18N2S. The van der Waals surface area contributed by atoms with Gasteiger partial charge in [-0.25, -0.2) is 4.98 Å². The highest BCUT2D eigenvalue weighted by molar-refractivity contribution is 7.13. The smallest absolute Gasteiger partial charge is 0.142 e. The Morgan fingerprint density at radius 1 is 0.517 bits per heavy atom. The number of hydrogen-bond donors (Lipinski definition) is 0. The molecule has 3 aromatic carbocycles. The molecule has 2 nitrogen and oxygen atoms in total. The second-order valence-electron chi connectivity index (χ2n) is 6.78. The van der Waals surface area contributed by atoms with Gasteiger partial charge < -0.3 is 0 Å². The third kappa shape index (κ3) is 3.73. The molecule has 2 heterocycles. The minimum Gasteiger partial charge on any atom is -0.254 e. The molecule has 0 amide bonds. The van der Waals surface area contributed by atoms with Crippen LogP contribution >= 0.6 is 11.3 Å². The Morgan fingerprint density at radius 2 is 1.10 bits per heavy atom. The fraction of sp³-hybridized carbons (Fsp3) is 0. The van der Waals surface area contributed by atoms with Crippen molar-refractivity contribution in [2.24, 2.45) is 0 Å². The molecule has 0 radical (unpaired) electrons. The molecule has 0 aliphatic rings. The summed E-state index contributed by atoms with van der Waals surface area (Å²) in [5.74, 6) is 0. The van der Waals surface area contributed by atoms with Crippen molar-refractivity contribution in [2.75, 3.05) is 0 Å². The van der Waals surface area contributed by atoms with Gasteiger partial charge in [0.2, 0.25) is 0 Å². The number of aromatic nitrogens is 2. The standard InChI is InChI=1S/C26H18N2S/c1-3-7-19(8-4-1)21-11-13-22(14-12-21)25-18-29-26(28-25)24-17-23(15-16-27-24)20-9-5-2-6-10-20/h1-18H. The van der Waals surface area contributed by atoms with Crippen molar-refractivity contribution in [2.45, 2.75) is 0 Å². The quantitative estimate of drug-likeness (QED) is 0.324. The predicted octanol–water partition coefficient (Wildman–Crippen LogP) is 7.21. The summed E-state index contributed by atoms with van der Waals surface area (Å²) in [5, 5.41) is 3.04. The van der Waals surface area contributed by atoms with Crippen LogP contribution in [0.1, 0.15) is 0 Å². The first-order valence-electron chi connectivity index (χ1n) is 9.50. The highest BCUT2D eigenvalue weighted by Gasteiger charge is 2.09. The van der Waals surface area contributed by atoms with Crippen LogP contribution in [0, 0.1) is 0 Å². The number of pyridine rings is 1. The van der Waals surface area contributed by atoms with E-state index in [1.807, 2.05) is 24.4 Å². The molecule has 5 rings (SSSR count). The maximum atomic E-state index is 4.84. The Hall–Kier alpha value is -3.56. The molecule has 0 fully saturated rings. The van der Waals surface area contributed by atoms with Crippen LogP contribution in [0.25, 0.3) is 44.2 Å². The van der Waals surface area contributed by atoms with Gasteiger partial charge in [0.1, 0.15) is 5.01 Å². The lowest BCUT2D eigenvalue weighted by atomic mass is 10.0. The zero-order valence-corrected chi connectivity index (χ0v) is 16.5. The van der Waals surface area contributed by atoms with Crippen LogP contribution in [-0.2, 0) is 0 Å². The highest BCUT2D eigenvalue weighted by Crippen LogP contribution is 2.31. The molecule has 3 heteroatoms. The van der Waals surface area contributed by atoms with Crippen LogP contribution in [0.3, 0.4) is 0 Å². The molecule has 138 valence electrons. The maximum Gasteiger partial charge on any atom is 0.142 e. The summed E-state index contributed by atoms with van der Waals surface area (Å²) in [7, 11) is 0. The number of rotatable bonds is 4. The third-order valence-electron chi connectivity index (χ3n) is 4.88. The molecule has 0 N–H and O–H groups in total. The zero-order valence-electron chi connectivity index (χ0n) is 15.7. The fourth-order valence-electron chi connectivity index (χ4n) is 3.35. The molecule has 0 saturated heterocycles. The summed E-state index contributed by atoms with van der Waals surface area (Å²) in [6.07, 6.45) is 1.85. The summed E-state index contributed by atoms with van der Waals surface area (Å²) >= 11 is 1.63. The molecule has 5 aromatic rings. The lowest BCUT2D eigenvalue weighted by Gasteiger charge is -2.03. The van der Waals surface area contributed by atoms with Gasteiger partial charge in [-0.2, -0.15) is 0 Å². The van der Waals surface area contributed by atoms with Gasteiger partial charge in [0.25, 0.3) is 0 Å². The van der Waals surface area contributed by atoms with E-state index in [4.69, 9.17) is 4.98 Å². The van der Waals surface area contributed by atoms with Crippen molar-refractivity contribution < 1.29 is 0 Å². The Labute approximate surface area is 174 Å². The van der Waals surface area contributed by atoms with Gasteiger partial charge in [-0.1, -0.05) is 84.9 Å². The van der Waals surface area contributed by atoms with E-state index in [9.17, 15) is 0 Å². The topological polar surface area (TPSA) is 25.8 Å². The molecule has 0 aliphatic carbocycles. The van der Waals surface area contributed by atoms with Crippen LogP contribution < -0.4 is 0 Å². The van der Waals surface area contributed by atoms with Crippen molar-refractivity contribution in [1.29, 1.82) is 0 Å². The van der Waals surface area contributed by atoms with Gasteiger partial charge in [0.05, 0.1) is 11.4 Å². The van der Waals surface area contributed by atoms with Gasteiger partial charge in [0, 0.05) is 17.1 Å². The van der Waals surface area contributed by atoms with Crippen molar-refractivity contribution in [3.63, 3.8) is 0 Å². The summed E-state index contributed by atoms with van der Waals surface area (Å²) in [5.41, 5.74) is 7.78. The van der Waals surface area contributed by atoms with Crippen LogP contribution in [0.15, 0.2) is 109 Å². The molecule has 0 spiro atoms. The number of nitrogens with zero attached hydrogens (tertiary/aromatic N) is 2. The first kappa shape index (κ1) is 17.5. The van der Waals surface area contributed by atoms with E-state index >= 15 is 0 Å². The normalized spacial score (nSPS) is 10.8. The number of thiazole rings is 1. The average molecular weight is 391 g/mol. The Balaban J connectivity index is 1.43. The third-order valence-corrected chi connectivity index (χ3v) is 5.74. The maximum absolute atomic E-state index is 4.84. The van der Waals surface area contributed by atoms with E-state index in [1.54, 1.807) is 11.3 Å². The van der Waals surface area contributed by atoms with E-state index in [0.717, 1.165) is 27.5 Å². The molecule has 2 aromatic heterocycles. The van der Waals surface area contributed by atoms with Crippen molar-refractivity contribution in [3.05, 3.63) is 109 Å². The molecule has 0 saturated carbocycles. The second-order valence-corrected chi connectivity index (χ2v) is 7.64. The summed E-state index contributed by atoms with van der Waals surface area (Å²) < 4.78 is 0. The number of hydrogen-bond acceptors (Lipinski definition) is 3. The van der Waals surface area contributed by atoms with E-state index in [1.165, 1.54) is 16.7 Å². The minimum absolute atomic E-state index is 0.906. The largest absolute Gasteiger partial charge is 0.254 e. The molecule has 29 heavy (non-hydrogen) atoms. The van der Waals surface area contributed by atoms with Gasteiger partial charge >= 0.3 is 0 Å². The second kappa shape index (κ2) is 7.82. The van der Waals surface area contributed by atoms with Crippen LogP contribution in [-0.4, -0.2) is 9.97 Å². The van der Waals surface area contributed by atoms with E-state index < -0.39 is 0 Å². The van der Waals surface area contributed by atoms with E-state index in [2.05, 4.69) is 89.2 Å². The number of benzene rings is 3. The SMILES string of the molecule is c1ccc(-c2ccc(-c3csc(-c4cc(-c5ccccc5)ccn4)n3)cc2)cc1. The van der Waals surface area contributed by atoms with E-state index in [0.29, 0.717) is 0 Å². The molecule has 0 unspecified atom stereocenters. The Bertz CT molecular complexity index is 1230. The highest BCUT2D eigenvalue weighted by atomic mass is 32.1. The fourth-order valence-corrected chi connectivity index (χ4v) is 4.14. The summed E-state index contributed by atoms with van der Waals surface area (Å²) in [6, 6.07) is 33.5. The Kier molecular flexibility index (Phi) is 4.73. The first-order chi connectivity index (χ1) is 14.4. The van der Waals surface area contributed by atoms with Crippen molar-refractivity contribution >= 4 is 11.3 Å². The molecular weight excluding hydrogens is 372 g/mol. The summed E-state index contributed by atoms with van der Waals surface area (Å²) in [4.78, 5) is 9.39. The van der Waals surface area contributed by atoms with E-state index in [-0.39, 0.29) is 0 Å². The summed E-state index contributed by atoms with van der Waals surface area (Å²) in [6.45, 7) is 0. The van der Waals surface area contributed by atoms with Crippen LogP contribution in [0.2, 0.25) is 0 Å². The van der Waals surface area contributed by atoms with Gasteiger partial charge in [-0.05, 0) is 34.4 Å². The monoisotopic (exact) mass is 390 g/mol. The molecule has 0 bridgehead atoms. The van der Waals surface area contributed by atoms with Gasteiger partial charge in [0.15, 0.2) is 0 Å². The van der Waals surface area contributed by atoms with Crippen molar-refractivity contribution in [3.8, 4) is 44.2 Å². The van der Waals surface area contributed by atoms with Crippen molar-refractivity contribution in [1.82, 2.24) is 9.97 Å². The van der Waals surface area contributed by atoms with Crippen LogP contribution in [0.4, 0.5) is 0 Å². The lowest BCUT2D eigenvalue weighted by Crippen LogP contribution is -1.85. The molecule has 0 atom stereocenters. The Morgan fingerprint density at radius 3 is 1.79 bits per heavy atom. The molecule has 0 aliphatic heterocycles. The minimum atomic E-state index is 0.906. The lowest BCUT2D eigenvalue weighted by molar-refractivity contribution is 1.29.